The van der Waals surface area contributed by atoms with Gasteiger partial charge in [-0.15, -0.1) is 0 Å². The van der Waals surface area contributed by atoms with Crippen molar-refractivity contribution in [3.05, 3.63) is 71.5 Å². The van der Waals surface area contributed by atoms with Crippen LogP contribution in [0.25, 0.3) is 11.1 Å². The number of ether oxygens (including phenoxy) is 1. The number of benzene rings is 2. The van der Waals surface area contributed by atoms with Crippen molar-refractivity contribution in [2.75, 3.05) is 13.2 Å². The third kappa shape index (κ3) is 3.82. The molecule has 1 saturated carbocycles. The van der Waals surface area contributed by atoms with Crippen molar-refractivity contribution >= 4 is 17.8 Å². The quantitative estimate of drug-likeness (QED) is 0.516. The van der Waals surface area contributed by atoms with Crippen molar-refractivity contribution in [1.82, 2.24) is 25.3 Å². The fourth-order valence-electron chi connectivity index (χ4n) is 4.76. The Hall–Kier alpha value is -4.14. The summed E-state index contributed by atoms with van der Waals surface area (Å²) in [4.78, 5) is 40.2. The van der Waals surface area contributed by atoms with E-state index in [9.17, 15) is 14.4 Å². The third-order valence-electron chi connectivity index (χ3n) is 6.93. The Morgan fingerprint density at radius 2 is 1.89 bits per heavy atom. The summed E-state index contributed by atoms with van der Waals surface area (Å²) in [5.41, 5.74) is 2.55. The molecule has 3 aromatic rings. The van der Waals surface area contributed by atoms with Crippen molar-refractivity contribution in [3.8, 4) is 16.9 Å². The molecule has 1 aliphatic carbocycles. The summed E-state index contributed by atoms with van der Waals surface area (Å²) < 4.78 is 7.56. The van der Waals surface area contributed by atoms with Gasteiger partial charge in [-0.3, -0.25) is 19.6 Å². The Morgan fingerprint density at radius 1 is 1.09 bits per heavy atom. The van der Waals surface area contributed by atoms with E-state index < -0.39 is 17.5 Å². The second-order valence-electron chi connectivity index (χ2n) is 9.53. The summed E-state index contributed by atoms with van der Waals surface area (Å²) in [6.07, 6.45) is 6.04. The predicted molar refractivity (Wildman–Crippen MR) is 126 cm³/mol. The Morgan fingerprint density at radius 3 is 2.54 bits per heavy atom. The second kappa shape index (κ2) is 7.97. The Labute approximate surface area is 202 Å². The van der Waals surface area contributed by atoms with Crippen LogP contribution < -0.4 is 15.4 Å². The molecular weight excluding hydrogens is 446 g/mol. The number of nitrogens with one attached hydrogen (secondary N) is 2. The summed E-state index contributed by atoms with van der Waals surface area (Å²) in [5, 5.41) is 9.33. The maximum atomic E-state index is 13.3. The first-order valence-electron chi connectivity index (χ1n) is 11.7. The first-order valence-corrected chi connectivity index (χ1v) is 11.7. The first kappa shape index (κ1) is 21.4. The van der Waals surface area contributed by atoms with Crippen LogP contribution in [0.3, 0.4) is 0 Å². The summed E-state index contributed by atoms with van der Waals surface area (Å²) in [7, 11) is 1.85. The van der Waals surface area contributed by atoms with Gasteiger partial charge >= 0.3 is 6.03 Å². The monoisotopic (exact) mass is 471 g/mol. The summed E-state index contributed by atoms with van der Waals surface area (Å²) in [5.74, 6) is 0.633. The average Bonchev–Trinajstić information content (AvgIpc) is 3.41. The molecular formula is C26H25N5O4. The molecule has 6 rings (SSSR count). The van der Waals surface area contributed by atoms with Crippen LogP contribution >= 0.6 is 0 Å². The molecule has 2 aliphatic heterocycles. The molecule has 1 atom stereocenters. The molecule has 178 valence electrons. The highest BCUT2D eigenvalue weighted by Gasteiger charge is 2.50. The number of aryl methyl sites for hydroxylation is 1. The molecule has 2 fully saturated rings. The summed E-state index contributed by atoms with van der Waals surface area (Å²) in [6.45, 7) is 1.04. The number of hydrogen-bond donors (Lipinski definition) is 2. The normalized spacial score (nSPS) is 21.2. The zero-order chi connectivity index (χ0) is 24.2. The largest absolute Gasteiger partial charge is 0.493 e. The van der Waals surface area contributed by atoms with Crippen LogP contribution in [0, 0.1) is 5.92 Å². The van der Waals surface area contributed by atoms with Crippen molar-refractivity contribution in [1.29, 1.82) is 0 Å². The summed E-state index contributed by atoms with van der Waals surface area (Å²) >= 11 is 0. The standard InChI is InChI=1S/C26H25N5O4/c1-30-12-19(11-27-30)17-4-7-20(8-5-17)26(24(33)28-25(34)29-26)15-31-13-18-6-9-21(10-22(18)23(31)32)35-14-16-2-3-16/h4-12,16H,2-3,13-15H2,1H3,(H2,28,29,33,34)/t26-/m0/s1. The minimum Gasteiger partial charge on any atom is -0.493 e. The van der Waals surface area contributed by atoms with Crippen LogP contribution in [0.15, 0.2) is 54.9 Å². The van der Waals surface area contributed by atoms with E-state index in [1.54, 1.807) is 21.8 Å². The molecule has 4 amide bonds. The van der Waals surface area contributed by atoms with E-state index >= 15 is 0 Å². The molecule has 1 aromatic heterocycles. The van der Waals surface area contributed by atoms with Crippen LogP contribution in [0.5, 0.6) is 5.75 Å². The third-order valence-corrected chi connectivity index (χ3v) is 6.93. The van der Waals surface area contributed by atoms with Gasteiger partial charge in [-0.1, -0.05) is 30.3 Å². The highest BCUT2D eigenvalue weighted by Crippen LogP contribution is 2.34. The highest BCUT2D eigenvalue weighted by atomic mass is 16.5. The molecule has 0 radical (unpaired) electrons. The van der Waals surface area contributed by atoms with Crippen molar-refractivity contribution in [3.63, 3.8) is 0 Å². The van der Waals surface area contributed by atoms with Crippen LogP contribution in [-0.2, 0) is 23.9 Å². The lowest BCUT2D eigenvalue weighted by atomic mass is 9.88. The van der Waals surface area contributed by atoms with Gasteiger partial charge in [0.1, 0.15) is 5.75 Å². The van der Waals surface area contributed by atoms with E-state index in [0.717, 1.165) is 16.7 Å². The van der Waals surface area contributed by atoms with Gasteiger partial charge in [0.15, 0.2) is 5.54 Å². The topological polar surface area (TPSA) is 106 Å². The van der Waals surface area contributed by atoms with E-state index in [1.165, 1.54) is 12.8 Å². The van der Waals surface area contributed by atoms with E-state index in [4.69, 9.17) is 4.74 Å². The van der Waals surface area contributed by atoms with Gasteiger partial charge in [0.2, 0.25) is 0 Å². The molecule has 0 unspecified atom stereocenters. The van der Waals surface area contributed by atoms with Crippen molar-refractivity contribution in [2.24, 2.45) is 13.0 Å². The van der Waals surface area contributed by atoms with Crippen LogP contribution in [0.4, 0.5) is 4.79 Å². The minimum atomic E-state index is -1.38. The SMILES string of the molecule is Cn1cc(-c2ccc([C@]3(CN4Cc5ccc(OCC6CC6)cc5C4=O)NC(=O)NC3=O)cc2)cn1. The molecule has 2 N–H and O–H groups in total. The molecule has 35 heavy (non-hydrogen) atoms. The fourth-order valence-corrected chi connectivity index (χ4v) is 4.76. The fraction of sp³-hybridized carbons (Fsp3) is 0.308. The first-order chi connectivity index (χ1) is 16.9. The number of carbonyl (C=O) groups is 3. The average molecular weight is 472 g/mol. The lowest BCUT2D eigenvalue weighted by molar-refractivity contribution is -0.124. The Kier molecular flexibility index (Phi) is 4.87. The van der Waals surface area contributed by atoms with Crippen molar-refractivity contribution in [2.45, 2.75) is 24.9 Å². The van der Waals surface area contributed by atoms with E-state index in [-0.39, 0.29) is 12.5 Å². The molecule has 1 saturated heterocycles. The molecule has 9 heteroatoms. The lowest BCUT2D eigenvalue weighted by Crippen LogP contribution is -2.52. The maximum absolute atomic E-state index is 13.3. The van der Waals surface area contributed by atoms with E-state index in [1.807, 2.05) is 49.6 Å². The number of fused-ring (bicyclic) bond motifs is 1. The Bertz CT molecular complexity index is 1340. The van der Waals surface area contributed by atoms with Crippen LogP contribution in [-0.4, -0.2) is 45.7 Å². The molecule has 2 aromatic carbocycles. The van der Waals surface area contributed by atoms with Gasteiger partial charge in [0, 0.05) is 30.9 Å². The number of imide groups is 1. The van der Waals surface area contributed by atoms with Gasteiger partial charge in [0.05, 0.1) is 19.3 Å². The number of amides is 4. The molecule has 0 bridgehead atoms. The minimum absolute atomic E-state index is 0.0165. The molecule has 3 aliphatic rings. The van der Waals surface area contributed by atoms with Gasteiger partial charge in [-0.25, -0.2) is 4.79 Å². The molecule has 0 spiro atoms. The number of aromatic nitrogens is 2. The number of urea groups is 1. The molecule has 9 nitrogen and oxygen atoms in total. The van der Waals surface area contributed by atoms with Gasteiger partial charge in [-0.2, -0.15) is 5.10 Å². The zero-order valence-electron chi connectivity index (χ0n) is 19.3. The smallest absolute Gasteiger partial charge is 0.322 e. The zero-order valence-corrected chi connectivity index (χ0v) is 19.3. The second-order valence-corrected chi connectivity index (χ2v) is 9.53. The number of hydrogen-bond acceptors (Lipinski definition) is 5. The highest BCUT2D eigenvalue weighted by molar-refractivity contribution is 6.08. The number of carbonyl (C=O) groups excluding carboxylic acids is 3. The maximum Gasteiger partial charge on any atom is 0.322 e. The van der Waals surface area contributed by atoms with E-state index in [2.05, 4.69) is 15.7 Å². The van der Waals surface area contributed by atoms with Gasteiger partial charge < -0.3 is 15.0 Å². The van der Waals surface area contributed by atoms with Gasteiger partial charge in [-0.05, 0) is 47.6 Å². The van der Waals surface area contributed by atoms with E-state index in [0.29, 0.717) is 35.9 Å². The summed E-state index contributed by atoms with van der Waals surface area (Å²) in [6, 6.07) is 12.4. The Balaban J connectivity index is 1.27. The number of nitrogens with zero attached hydrogens (tertiary/aromatic N) is 3. The number of rotatable bonds is 7. The van der Waals surface area contributed by atoms with Crippen LogP contribution in [0.1, 0.15) is 34.3 Å². The van der Waals surface area contributed by atoms with Gasteiger partial charge in [0.25, 0.3) is 11.8 Å². The molecule has 3 heterocycles. The lowest BCUT2D eigenvalue weighted by Gasteiger charge is -2.31. The predicted octanol–water partition coefficient (Wildman–Crippen LogP) is 2.57. The van der Waals surface area contributed by atoms with Crippen molar-refractivity contribution < 1.29 is 19.1 Å². The van der Waals surface area contributed by atoms with Crippen LogP contribution in [0.2, 0.25) is 0 Å².